The number of para-hydroxylation sites is 2. The highest BCUT2D eigenvalue weighted by Crippen LogP contribution is 2.25. The monoisotopic (exact) mass is 471 g/mol. The third kappa shape index (κ3) is 4.25. The van der Waals surface area contributed by atoms with Crippen LogP contribution >= 0.6 is 11.6 Å². The lowest BCUT2D eigenvalue weighted by Crippen LogP contribution is -2.17. The zero-order valence-electron chi connectivity index (χ0n) is 18.7. The quantitative estimate of drug-likeness (QED) is 0.355. The first-order valence-corrected chi connectivity index (χ1v) is 11.1. The average molecular weight is 472 g/mol. The van der Waals surface area contributed by atoms with Crippen LogP contribution in [0.2, 0.25) is 5.02 Å². The number of carbonyl (C=O) groups is 1. The zero-order valence-corrected chi connectivity index (χ0v) is 19.5. The van der Waals surface area contributed by atoms with Crippen molar-refractivity contribution in [3.05, 3.63) is 101 Å². The van der Waals surface area contributed by atoms with E-state index in [0.29, 0.717) is 34.6 Å². The molecule has 0 spiro atoms. The third-order valence-electron chi connectivity index (χ3n) is 5.48. The largest absolute Gasteiger partial charge is 0.497 e. The van der Waals surface area contributed by atoms with Crippen LogP contribution in [0.5, 0.6) is 5.75 Å². The van der Waals surface area contributed by atoms with Crippen molar-refractivity contribution in [2.75, 3.05) is 12.4 Å². The molecule has 0 saturated heterocycles. The van der Waals surface area contributed by atoms with Gasteiger partial charge in [-0.3, -0.25) is 4.79 Å². The Labute approximate surface area is 201 Å². The summed E-state index contributed by atoms with van der Waals surface area (Å²) in [7, 11) is 1.59. The molecule has 5 rings (SSSR count). The fourth-order valence-corrected chi connectivity index (χ4v) is 4.08. The van der Waals surface area contributed by atoms with Gasteiger partial charge in [0, 0.05) is 16.7 Å². The Bertz CT molecular complexity index is 1490. The number of rotatable bonds is 6. The van der Waals surface area contributed by atoms with Gasteiger partial charge in [0.05, 0.1) is 30.4 Å². The lowest BCUT2D eigenvalue weighted by atomic mass is 10.2. The van der Waals surface area contributed by atoms with E-state index in [1.807, 2.05) is 61.5 Å². The molecule has 7 nitrogen and oxygen atoms in total. The number of fused-ring (bicyclic) bond motifs is 1. The van der Waals surface area contributed by atoms with Crippen LogP contribution in [0.4, 0.5) is 5.82 Å². The highest BCUT2D eigenvalue weighted by Gasteiger charge is 2.19. The van der Waals surface area contributed by atoms with Gasteiger partial charge in [-0.25, -0.2) is 4.98 Å². The normalized spacial score (nSPS) is 11.0. The van der Waals surface area contributed by atoms with Crippen molar-refractivity contribution in [1.29, 1.82) is 0 Å². The smallest absolute Gasteiger partial charge is 0.256 e. The summed E-state index contributed by atoms with van der Waals surface area (Å²) < 4.78 is 8.91. The van der Waals surface area contributed by atoms with Crippen molar-refractivity contribution in [3.63, 3.8) is 0 Å². The number of ether oxygens (including phenoxy) is 1. The molecule has 2 aromatic heterocycles. The highest BCUT2D eigenvalue weighted by atomic mass is 35.5. The number of nitrogens with one attached hydrogen (secondary N) is 1. The molecule has 8 heteroatoms. The number of aromatic nitrogens is 4. The Balaban J connectivity index is 1.56. The minimum Gasteiger partial charge on any atom is -0.497 e. The Hall–Kier alpha value is -4.10. The van der Waals surface area contributed by atoms with E-state index in [9.17, 15) is 4.79 Å². The van der Waals surface area contributed by atoms with E-state index in [1.165, 1.54) is 0 Å². The summed E-state index contributed by atoms with van der Waals surface area (Å²) in [4.78, 5) is 17.8. The summed E-state index contributed by atoms with van der Waals surface area (Å²) >= 11 is 6.23. The molecular formula is C26H22ClN5O2. The molecule has 0 aliphatic heterocycles. The number of hydrogen-bond acceptors (Lipinski definition) is 4. The van der Waals surface area contributed by atoms with Crippen LogP contribution in [-0.2, 0) is 6.54 Å². The molecule has 0 fully saturated rings. The van der Waals surface area contributed by atoms with Crippen LogP contribution in [0, 0.1) is 6.92 Å². The van der Waals surface area contributed by atoms with E-state index in [1.54, 1.807) is 36.1 Å². The predicted molar refractivity (Wildman–Crippen MR) is 133 cm³/mol. The number of hydrogen-bond donors (Lipinski definition) is 1. The molecule has 2 heterocycles. The number of amides is 1. The maximum absolute atomic E-state index is 13.0. The van der Waals surface area contributed by atoms with Crippen molar-refractivity contribution >= 4 is 34.4 Å². The average Bonchev–Trinajstić information content (AvgIpc) is 3.39. The molecule has 170 valence electrons. The van der Waals surface area contributed by atoms with E-state index in [-0.39, 0.29) is 5.91 Å². The second kappa shape index (κ2) is 9.03. The van der Waals surface area contributed by atoms with Gasteiger partial charge in [-0.05, 0) is 61.0 Å². The highest BCUT2D eigenvalue weighted by molar-refractivity contribution is 6.30. The number of imidazole rings is 1. The number of nitrogens with zero attached hydrogens (tertiary/aromatic N) is 4. The van der Waals surface area contributed by atoms with E-state index in [0.717, 1.165) is 22.3 Å². The minimum absolute atomic E-state index is 0.249. The molecule has 0 radical (unpaired) electrons. The standard InChI is InChI=1S/C26H22ClN5O2/c1-17-14-24(29-25(33)19-10-12-21(34-2)13-11-19)32(30-17)26-28-22-8-3-4-9-23(22)31(26)16-18-6-5-7-20(27)15-18/h3-15H,16H2,1-2H3,(H,29,33). The molecule has 0 aliphatic carbocycles. The number of methoxy groups -OCH3 is 1. The number of halogens is 1. The van der Waals surface area contributed by atoms with Gasteiger partial charge in [-0.15, -0.1) is 0 Å². The van der Waals surface area contributed by atoms with Gasteiger partial charge >= 0.3 is 0 Å². The Kier molecular flexibility index (Phi) is 5.77. The van der Waals surface area contributed by atoms with Crippen molar-refractivity contribution in [2.45, 2.75) is 13.5 Å². The Morgan fingerprint density at radius 1 is 1.03 bits per heavy atom. The van der Waals surface area contributed by atoms with E-state index in [2.05, 4.69) is 15.0 Å². The van der Waals surface area contributed by atoms with Gasteiger partial charge in [0.2, 0.25) is 5.95 Å². The van der Waals surface area contributed by atoms with Crippen LogP contribution in [-0.4, -0.2) is 32.3 Å². The zero-order chi connectivity index (χ0) is 23.7. The molecule has 1 N–H and O–H groups in total. The fourth-order valence-electron chi connectivity index (χ4n) is 3.87. The molecule has 0 aliphatic rings. The van der Waals surface area contributed by atoms with Gasteiger partial charge in [0.1, 0.15) is 11.6 Å². The Morgan fingerprint density at radius 3 is 2.59 bits per heavy atom. The van der Waals surface area contributed by atoms with Gasteiger partial charge in [-0.1, -0.05) is 35.9 Å². The van der Waals surface area contributed by atoms with Crippen LogP contribution in [0.3, 0.4) is 0 Å². The molecule has 0 saturated carbocycles. The first-order valence-electron chi connectivity index (χ1n) is 10.7. The summed E-state index contributed by atoms with van der Waals surface area (Å²) in [5.41, 5.74) is 4.09. The van der Waals surface area contributed by atoms with Gasteiger partial charge in [0.25, 0.3) is 5.91 Å². The summed E-state index contributed by atoms with van der Waals surface area (Å²) in [5.74, 6) is 1.56. The second-order valence-electron chi connectivity index (χ2n) is 7.88. The van der Waals surface area contributed by atoms with E-state index >= 15 is 0 Å². The SMILES string of the molecule is COc1ccc(C(=O)Nc2cc(C)nn2-c2nc3ccccc3n2Cc2cccc(Cl)c2)cc1. The van der Waals surface area contributed by atoms with Crippen molar-refractivity contribution < 1.29 is 9.53 Å². The number of anilines is 1. The van der Waals surface area contributed by atoms with Gasteiger partial charge in [-0.2, -0.15) is 9.78 Å². The number of aryl methyl sites for hydroxylation is 1. The molecule has 3 aromatic carbocycles. The molecular weight excluding hydrogens is 450 g/mol. The van der Waals surface area contributed by atoms with Gasteiger partial charge in [0.15, 0.2) is 0 Å². The molecule has 0 unspecified atom stereocenters. The molecule has 5 aromatic rings. The van der Waals surface area contributed by atoms with Crippen LogP contribution in [0.1, 0.15) is 21.6 Å². The van der Waals surface area contributed by atoms with Crippen molar-refractivity contribution in [1.82, 2.24) is 19.3 Å². The van der Waals surface area contributed by atoms with Crippen molar-refractivity contribution in [3.8, 4) is 11.7 Å². The van der Waals surface area contributed by atoms with Crippen LogP contribution < -0.4 is 10.1 Å². The summed E-state index contributed by atoms with van der Waals surface area (Å²) in [6, 6.07) is 24.4. The Morgan fingerprint density at radius 2 is 1.82 bits per heavy atom. The van der Waals surface area contributed by atoms with Crippen molar-refractivity contribution in [2.24, 2.45) is 0 Å². The summed E-state index contributed by atoms with van der Waals surface area (Å²) in [5, 5.41) is 8.29. The third-order valence-corrected chi connectivity index (χ3v) is 5.71. The fraction of sp³-hybridized carbons (Fsp3) is 0.115. The first-order chi connectivity index (χ1) is 16.5. The lowest BCUT2D eigenvalue weighted by Gasteiger charge is -2.12. The maximum atomic E-state index is 13.0. The van der Waals surface area contributed by atoms with E-state index in [4.69, 9.17) is 21.3 Å². The molecule has 0 bridgehead atoms. The number of carbonyl (C=O) groups excluding carboxylic acids is 1. The van der Waals surface area contributed by atoms with Gasteiger partial charge < -0.3 is 14.6 Å². The minimum atomic E-state index is -0.249. The van der Waals surface area contributed by atoms with E-state index < -0.39 is 0 Å². The summed E-state index contributed by atoms with van der Waals surface area (Å²) in [6.45, 7) is 2.42. The second-order valence-corrected chi connectivity index (χ2v) is 8.32. The predicted octanol–water partition coefficient (Wildman–Crippen LogP) is 5.49. The number of benzene rings is 3. The first kappa shape index (κ1) is 21.7. The summed E-state index contributed by atoms with van der Waals surface area (Å²) in [6.07, 6.45) is 0. The topological polar surface area (TPSA) is 74.0 Å². The molecule has 1 amide bonds. The lowest BCUT2D eigenvalue weighted by molar-refractivity contribution is 0.102. The maximum Gasteiger partial charge on any atom is 0.256 e. The molecule has 34 heavy (non-hydrogen) atoms. The van der Waals surface area contributed by atoms with Crippen LogP contribution in [0.15, 0.2) is 78.9 Å². The molecule has 0 atom stereocenters. The van der Waals surface area contributed by atoms with Crippen LogP contribution in [0.25, 0.3) is 17.0 Å².